The Morgan fingerprint density at radius 3 is 2.45 bits per heavy atom. The van der Waals surface area contributed by atoms with Crippen molar-refractivity contribution in [3.63, 3.8) is 0 Å². The number of Topliss-reactive ketones (excluding diaryl/α,β-unsaturated/α-hetero) is 1. The number of carbonyl (C=O) groups is 2. The van der Waals surface area contributed by atoms with E-state index in [1.807, 2.05) is 0 Å². The quantitative estimate of drug-likeness (QED) is 0.611. The van der Waals surface area contributed by atoms with Gasteiger partial charge in [0, 0.05) is 13.5 Å². The summed E-state index contributed by atoms with van der Waals surface area (Å²) in [6, 6.07) is 16.8. The van der Waals surface area contributed by atoms with Gasteiger partial charge in [-0.25, -0.2) is 8.78 Å². The topological polar surface area (TPSA) is 55.4 Å². The van der Waals surface area contributed by atoms with E-state index in [-0.39, 0.29) is 24.5 Å². The van der Waals surface area contributed by atoms with E-state index in [2.05, 4.69) is 5.32 Å². The van der Waals surface area contributed by atoms with Crippen molar-refractivity contribution < 1.29 is 23.1 Å². The van der Waals surface area contributed by atoms with Crippen LogP contribution in [0.15, 0.2) is 66.7 Å². The number of ether oxygens (including phenoxy) is 1. The van der Waals surface area contributed by atoms with E-state index < -0.39 is 17.4 Å². The highest BCUT2D eigenvalue weighted by molar-refractivity contribution is 5.98. The van der Waals surface area contributed by atoms with Gasteiger partial charge in [0.15, 0.2) is 12.4 Å². The standard InChI is InChI=1S/C23H19F2NO3/c1-26-23(28)14-29-19-7-2-4-15(10-19)11-22(27)20-13-17(8-9-21(20)25)16-5-3-6-18(24)12-16/h2-10,12-13H,11,14H2,1H3,(H,26,28). The molecule has 0 aromatic heterocycles. The van der Waals surface area contributed by atoms with Gasteiger partial charge >= 0.3 is 0 Å². The molecule has 148 valence electrons. The summed E-state index contributed by atoms with van der Waals surface area (Å²) in [7, 11) is 1.51. The van der Waals surface area contributed by atoms with E-state index in [0.29, 0.717) is 22.4 Å². The highest BCUT2D eigenvalue weighted by atomic mass is 19.1. The molecular weight excluding hydrogens is 376 g/mol. The van der Waals surface area contributed by atoms with Crippen molar-refractivity contribution in [3.05, 3.63) is 89.5 Å². The molecule has 0 radical (unpaired) electrons. The van der Waals surface area contributed by atoms with Gasteiger partial charge in [-0.2, -0.15) is 0 Å². The Morgan fingerprint density at radius 2 is 1.69 bits per heavy atom. The maximum Gasteiger partial charge on any atom is 0.257 e. The van der Waals surface area contributed by atoms with Crippen LogP contribution in [0.4, 0.5) is 8.78 Å². The predicted molar refractivity (Wildman–Crippen MR) is 106 cm³/mol. The molecule has 0 aliphatic rings. The number of halogens is 2. The fourth-order valence-corrected chi connectivity index (χ4v) is 2.83. The van der Waals surface area contributed by atoms with Crippen molar-refractivity contribution in [3.8, 4) is 16.9 Å². The lowest BCUT2D eigenvalue weighted by Gasteiger charge is -2.09. The summed E-state index contributed by atoms with van der Waals surface area (Å²) < 4.78 is 33.1. The first-order chi connectivity index (χ1) is 14.0. The minimum atomic E-state index is -0.637. The van der Waals surface area contributed by atoms with Crippen molar-refractivity contribution >= 4 is 11.7 Å². The average Bonchev–Trinajstić information content (AvgIpc) is 2.72. The second-order valence-corrected chi connectivity index (χ2v) is 6.41. The Morgan fingerprint density at radius 1 is 0.931 bits per heavy atom. The fraction of sp³-hybridized carbons (Fsp3) is 0.130. The van der Waals surface area contributed by atoms with E-state index in [9.17, 15) is 18.4 Å². The molecule has 0 unspecified atom stereocenters. The summed E-state index contributed by atoms with van der Waals surface area (Å²) in [6.07, 6.45) is -0.0410. The van der Waals surface area contributed by atoms with Crippen molar-refractivity contribution in [2.45, 2.75) is 6.42 Å². The van der Waals surface area contributed by atoms with Crippen LogP contribution >= 0.6 is 0 Å². The van der Waals surface area contributed by atoms with Crippen molar-refractivity contribution in [1.82, 2.24) is 5.32 Å². The summed E-state index contributed by atoms with van der Waals surface area (Å²) in [5.74, 6) is -1.30. The number of amides is 1. The Balaban J connectivity index is 1.79. The van der Waals surface area contributed by atoms with Gasteiger partial charge in [-0.3, -0.25) is 9.59 Å². The summed E-state index contributed by atoms with van der Waals surface area (Å²) in [6.45, 7) is -0.141. The lowest BCUT2D eigenvalue weighted by molar-refractivity contribution is -0.122. The van der Waals surface area contributed by atoms with E-state index in [1.165, 1.54) is 37.4 Å². The Bertz CT molecular complexity index is 1050. The number of rotatable bonds is 7. The molecule has 29 heavy (non-hydrogen) atoms. The van der Waals surface area contributed by atoms with Crippen LogP contribution < -0.4 is 10.1 Å². The van der Waals surface area contributed by atoms with Gasteiger partial charge in [0.2, 0.25) is 0 Å². The minimum Gasteiger partial charge on any atom is -0.484 e. The van der Waals surface area contributed by atoms with E-state index in [1.54, 1.807) is 36.4 Å². The maximum atomic E-state index is 14.3. The third kappa shape index (κ3) is 5.25. The van der Waals surface area contributed by atoms with Crippen LogP contribution in [0, 0.1) is 11.6 Å². The number of nitrogens with one attached hydrogen (secondary N) is 1. The first-order valence-corrected chi connectivity index (χ1v) is 8.97. The molecule has 0 spiro atoms. The third-order valence-electron chi connectivity index (χ3n) is 4.34. The molecule has 6 heteroatoms. The first-order valence-electron chi connectivity index (χ1n) is 8.97. The molecule has 1 N–H and O–H groups in total. The van der Waals surface area contributed by atoms with Crippen molar-refractivity contribution in [2.24, 2.45) is 0 Å². The minimum absolute atomic E-state index is 0.0410. The van der Waals surface area contributed by atoms with E-state index in [0.717, 1.165) is 0 Å². The van der Waals surface area contributed by atoms with Crippen LogP contribution in [0.3, 0.4) is 0 Å². The molecule has 3 rings (SSSR count). The third-order valence-corrected chi connectivity index (χ3v) is 4.34. The van der Waals surface area contributed by atoms with Gasteiger partial charge < -0.3 is 10.1 Å². The molecule has 0 fully saturated rings. The Hall–Kier alpha value is -3.54. The molecule has 0 bridgehead atoms. The number of likely N-dealkylation sites (N-methyl/N-ethyl adjacent to an activating group) is 1. The number of benzene rings is 3. The van der Waals surface area contributed by atoms with Crippen LogP contribution in [-0.4, -0.2) is 25.3 Å². The number of ketones is 1. The largest absolute Gasteiger partial charge is 0.484 e. The predicted octanol–water partition coefficient (Wildman–Crippen LogP) is 4.18. The maximum absolute atomic E-state index is 14.3. The molecular formula is C23H19F2NO3. The second kappa shape index (κ2) is 9.10. The average molecular weight is 395 g/mol. The zero-order valence-electron chi connectivity index (χ0n) is 15.7. The first kappa shape index (κ1) is 20.2. The zero-order chi connectivity index (χ0) is 20.8. The molecule has 0 saturated heterocycles. The van der Waals surface area contributed by atoms with Gasteiger partial charge in [0.25, 0.3) is 5.91 Å². The molecule has 3 aromatic carbocycles. The number of hydrogen-bond acceptors (Lipinski definition) is 3. The molecule has 0 heterocycles. The highest BCUT2D eigenvalue weighted by Crippen LogP contribution is 2.24. The normalized spacial score (nSPS) is 10.4. The number of carbonyl (C=O) groups excluding carboxylic acids is 2. The van der Waals surface area contributed by atoms with Gasteiger partial charge in [0.1, 0.15) is 17.4 Å². The summed E-state index contributed by atoms with van der Waals surface area (Å²) in [4.78, 5) is 24.0. The Kier molecular flexibility index (Phi) is 6.34. The molecule has 0 saturated carbocycles. The SMILES string of the molecule is CNC(=O)COc1cccc(CC(=O)c2cc(-c3cccc(F)c3)ccc2F)c1. The lowest BCUT2D eigenvalue weighted by atomic mass is 9.97. The van der Waals surface area contributed by atoms with Gasteiger partial charge in [0.05, 0.1) is 5.56 Å². The molecule has 0 aliphatic heterocycles. The van der Waals surface area contributed by atoms with Crippen LogP contribution in [0.25, 0.3) is 11.1 Å². The second-order valence-electron chi connectivity index (χ2n) is 6.41. The smallest absolute Gasteiger partial charge is 0.257 e. The lowest BCUT2D eigenvalue weighted by Crippen LogP contribution is -2.24. The highest BCUT2D eigenvalue weighted by Gasteiger charge is 2.15. The summed E-state index contributed by atoms with van der Waals surface area (Å²) >= 11 is 0. The molecule has 0 aliphatic carbocycles. The zero-order valence-corrected chi connectivity index (χ0v) is 15.7. The summed E-state index contributed by atoms with van der Waals surface area (Å²) in [5.41, 5.74) is 1.67. The number of hydrogen-bond donors (Lipinski definition) is 1. The van der Waals surface area contributed by atoms with E-state index in [4.69, 9.17) is 4.74 Å². The molecule has 3 aromatic rings. The van der Waals surface area contributed by atoms with Gasteiger partial charge in [-0.1, -0.05) is 30.3 Å². The van der Waals surface area contributed by atoms with Crippen LogP contribution in [0.2, 0.25) is 0 Å². The summed E-state index contributed by atoms with van der Waals surface area (Å²) in [5, 5.41) is 2.45. The van der Waals surface area contributed by atoms with Crippen molar-refractivity contribution in [1.29, 1.82) is 0 Å². The van der Waals surface area contributed by atoms with Crippen molar-refractivity contribution in [2.75, 3.05) is 13.7 Å². The molecule has 0 atom stereocenters. The Labute approximate surface area is 167 Å². The van der Waals surface area contributed by atoms with Gasteiger partial charge in [-0.05, 0) is 53.1 Å². The molecule has 1 amide bonds. The van der Waals surface area contributed by atoms with E-state index >= 15 is 0 Å². The monoisotopic (exact) mass is 395 g/mol. The van der Waals surface area contributed by atoms with Gasteiger partial charge in [-0.15, -0.1) is 0 Å². The fourth-order valence-electron chi connectivity index (χ4n) is 2.83. The van der Waals surface area contributed by atoms with Crippen LogP contribution in [-0.2, 0) is 11.2 Å². The molecule has 4 nitrogen and oxygen atoms in total. The van der Waals surface area contributed by atoms with Crippen LogP contribution in [0.1, 0.15) is 15.9 Å². The van der Waals surface area contributed by atoms with Crippen LogP contribution in [0.5, 0.6) is 5.75 Å².